The van der Waals surface area contributed by atoms with Crippen molar-refractivity contribution < 1.29 is 53.4 Å². The van der Waals surface area contributed by atoms with E-state index in [1.54, 1.807) is 0 Å². The molecule has 0 saturated carbocycles. The molecule has 1 aliphatic rings. The molecule has 40 heavy (non-hydrogen) atoms. The summed E-state index contributed by atoms with van der Waals surface area (Å²) in [6.45, 7) is 2.71. The summed E-state index contributed by atoms with van der Waals surface area (Å²) in [4.78, 5) is 16.9. The molecule has 1 amide bonds. The standard InChI is InChI=1S/C23H19ClF9N3O3S/c1-3-40(34,38)11(2)19(37)35-17-5-4-12(6-16(17)24)18-10-20(39-36-18,23(31,32)33)13-7-14(21(25,26)27)9-15(8-13)22(28,29)30/h4-9,11,34H,3,10H2,1-2H3,(H,35,37). The maximum Gasteiger partial charge on any atom is 0.435 e. The lowest BCUT2D eigenvalue weighted by Crippen LogP contribution is -2.43. The van der Waals surface area contributed by atoms with Gasteiger partial charge in [-0.3, -0.25) is 9.57 Å². The van der Waals surface area contributed by atoms with Gasteiger partial charge in [0.15, 0.2) is 0 Å². The zero-order valence-electron chi connectivity index (χ0n) is 20.3. The Labute approximate surface area is 226 Å². The number of hydrogen-bond acceptors (Lipinski definition) is 5. The molecule has 0 radical (unpaired) electrons. The highest BCUT2D eigenvalue weighted by atomic mass is 35.5. The Bertz CT molecular complexity index is 1420. The zero-order valence-corrected chi connectivity index (χ0v) is 21.9. The second-order valence-corrected chi connectivity index (χ2v) is 11.9. The molecule has 6 nitrogen and oxygen atoms in total. The second kappa shape index (κ2) is 10.4. The maximum absolute atomic E-state index is 14.3. The van der Waals surface area contributed by atoms with Crippen LogP contribution in [0.2, 0.25) is 5.02 Å². The maximum atomic E-state index is 14.3. The fourth-order valence-corrected chi connectivity index (χ4v) is 4.83. The van der Waals surface area contributed by atoms with E-state index in [9.17, 15) is 48.5 Å². The fourth-order valence-electron chi connectivity index (χ4n) is 3.70. The Hall–Kier alpha value is -3.01. The van der Waals surface area contributed by atoms with Gasteiger partial charge < -0.3 is 10.2 Å². The summed E-state index contributed by atoms with van der Waals surface area (Å²) >= 11 is 6.12. The van der Waals surface area contributed by atoms with Crippen LogP contribution in [0.5, 0.6) is 0 Å². The van der Waals surface area contributed by atoms with E-state index in [0.717, 1.165) is 18.2 Å². The molecule has 1 aliphatic heterocycles. The van der Waals surface area contributed by atoms with Gasteiger partial charge in [0.25, 0.3) is 5.60 Å². The molecule has 0 aliphatic carbocycles. The van der Waals surface area contributed by atoms with Gasteiger partial charge in [-0.15, -0.1) is 0 Å². The van der Waals surface area contributed by atoms with Gasteiger partial charge in [-0.1, -0.05) is 29.7 Å². The third kappa shape index (κ3) is 6.16. The SMILES string of the molecule is CCS(=N)(=O)C(C)C(=O)Nc1ccc(C2=NOC(c3cc(C(F)(F)F)cc(C(F)(F)F)c3)(C(F)(F)F)C2)cc1Cl. The Morgan fingerprint density at radius 3 is 2.08 bits per heavy atom. The molecule has 3 rings (SSSR count). The predicted molar refractivity (Wildman–Crippen MR) is 127 cm³/mol. The first-order valence-corrected chi connectivity index (χ1v) is 13.3. The Morgan fingerprint density at radius 2 is 1.62 bits per heavy atom. The minimum Gasteiger partial charge on any atom is -0.374 e. The molecule has 2 aromatic carbocycles. The lowest BCUT2D eigenvalue weighted by molar-refractivity contribution is -0.276. The van der Waals surface area contributed by atoms with Crippen LogP contribution < -0.4 is 5.32 Å². The summed E-state index contributed by atoms with van der Waals surface area (Å²) < 4.78 is 142. The van der Waals surface area contributed by atoms with Gasteiger partial charge >= 0.3 is 18.5 Å². The molecule has 3 atom stereocenters. The van der Waals surface area contributed by atoms with Crippen molar-refractivity contribution in [1.82, 2.24) is 0 Å². The van der Waals surface area contributed by atoms with Crippen LogP contribution in [0.25, 0.3) is 0 Å². The lowest BCUT2D eigenvalue weighted by atomic mass is 9.84. The van der Waals surface area contributed by atoms with Crippen LogP contribution in [0.3, 0.4) is 0 Å². The fraction of sp³-hybridized carbons (Fsp3) is 0.391. The van der Waals surface area contributed by atoms with Crippen LogP contribution in [0, 0.1) is 4.78 Å². The smallest absolute Gasteiger partial charge is 0.374 e. The van der Waals surface area contributed by atoms with Crippen molar-refractivity contribution in [3.8, 4) is 0 Å². The second-order valence-electron chi connectivity index (χ2n) is 8.77. The normalized spacial score (nSPS) is 20.4. The van der Waals surface area contributed by atoms with Gasteiger partial charge in [0.05, 0.1) is 37.3 Å². The van der Waals surface area contributed by atoms with Gasteiger partial charge in [0.1, 0.15) is 5.25 Å². The van der Waals surface area contributed by atoms with Gasteiger partial charge in [0.2, 0.25) is 5.91 Å². The van der Waals surface area contributed by atoms with E-state index in [1.807, 2.05) is 0 Å². The van der Waals surface area contributed by atoms with Crippen LogP contribution in [0.4, 0.5) is 45.2 Å². The van der Waals surface area contributed by atoms with Gasteiger partial charge in [-0.2, -0.15) is 39.5 Å². The molecule has 0 aromatic heterocycles. The van der Waals surface area contributed by atoms with Crippen LogP contribution in [-0.4, -0.2) is 33.0 Å². The van der Waals surface area contributed by atoms with Crippen LogP contribution in [-0.2, 0) is 37.3 Å². The van der Waals surface area contributed by atoms with Crippen molar-refractivity contribution in [2.75, 3.05) is 11.1 Å². The minimum atomic E-state index is -5.51. The van der Waals surface area contributed by atoms with Crippen molar-refractivity contribution >= 4 is 38.6 Å². The third-order valence-corrected chi connectivity index (χ3v) is 8.70. The number of nitrogens with zero attached hydrogens (tertiary/aromatic N) is 1. The number of amides is 1. The van der Waals surface area contributed by atoms with Crippen LogP contribution >= 0.6 is 11.6 Å². The molecule has 0 spiro atoms. The number of carbonyl (C=O) groups excluding carboxylic acids is 1. The quantitative estimate of drug-likeness (QED) is 0.330. The van der Waals surface area contributed by atoms with Crippen molar-refractivity contribution in [3.05, 3.63) is 63.7 Å². The molecule has 0 saturated heterocycles. The number of carbonyl (C=O) groups is 1. The molecule has 1 heterocycles. The number of nitrogens with one attached hydrogen (secondary N) is 2. The Morgan fingerprint density at radius 1 is 1.07 bits per heavy atom. The first-order valence-electron chi connectivity index (χ1n) is 11.1. The van der Waals surface area contributed by atoms with E-state index in [-0.39, 0.29) is 40.2 Å². The van der Waals surface area contributed by atoms with E-state index in [2.05, 4.69) is 15.3 Å². The average molecular weight is 624 g/mol. The van der Waals surface area contributed by atoms with E-state index in [1.165, 1.54) is 13.8 Å². The number of oxime groups is 1. The highest BCUT2D eigenvalue weighted by molar-refractivity contribution is 7.93. The number of rotatable bonds is 6. The highest BCUT2D eigenvalue weighted by Crippen LogP contribution is 2.51. The largest absolute Gasteiger partial charge is 0.435 e. The lowest BCUT2D eigenvalue weighted by Gasteiger charge is -2.30. The summed E-state index contributed by atoms with van der Waals surface area (Å²) in [7, 11) is -3.27. The molecular formula is C23H19ClF9N3O3S. The Kier molecular flexibility index (Phi) is 8.22. The highest BCUT2D eigenvalue weighted by Gasteiger charge is 2.63. The van der Waals surface area contributed by atoms with E-state index in [4.69, 9.17) is 16.4 Å². The molecule has 2 aromatic rings. The summed E-state index contributed by atoms with van der Waals surface area (Å²) in [6.07, 6.45) is -17.6. The Balaban J connectivity index is 1.99. The molecular weight excluding hydrogens is 605 g/mol. The number of halogens is 10. The zero-order chi connectivity index (χ0) is 30.5. The molecule has 17 heteroatoms. The first kappa shape index (κ1) is 31.5. The summed E-state index contributed by atoms with van der Waals surface area (Å²) in [5.74, 6) is -0.926. The first-order chi connectivity index (χ1) is 18.1. The number of anilines is 1. The topological polar surface area (TPSA) is 91.6 Å². The van der Waals surface area contributed by atoms with E-state index < -0.39 is 73.8 Å². The summed E-state index contributed by atoms with van der Waals surface area (Å²) in [6, 6.07) is 2.86. The van der Waals surface area contributed by atoms with Crippen LogP contribution in [0.15, 0.2) is 41.6 Å². The van der Waals surface area contributed by atoms with Gasteiger partial charge in [-0.05, 0) is 37.3 Å². The van der Waals surface area contributed by atoms with Crippen molar-refractivity contribution in [1.29, 1.82) is 4.78 Å². The van der Waals surface area contributed by atoms with E-state index >= 15 is 0 Å². The number of hydrogen-bond donors (Lipinski definition) is 2. The van der Waals surface area contributed by atoms with Crippen LogP contribution in [0.1, 0.15) is 42.5 Å². The molecule has 0 fully saturated rings. The number of alkyl halides is 9. The molecule has 2 N–H and O–H groups in total. The molecule has 3 unspecified atom stereocenters. The van der Waals surface area contributed by atoms with Crippen molar-refractivity contribution in [2.45, 2.75) is 49.6 Å². The minimum absolute atomic E-state index is 0.0668. The average Bonchev–Trinajstić information content (AvgIpc) is 3.30. The van der Waals surface area contributed by atoms with Crippen molar-refractivity contribution in [3.63, 3.8) is 0 Å². The number of benzene rings is 2. The third-order valence-electron chi connectivity index (χ3n) is 6.17. The predicted octanol–water partition coefficient (Wildman–Crippen LogP) is 7.35. The monoisotopic (exact) mass is 623 g/mol. The van der Waals surface area contributed by atoms with Gasteiger partial charge in [-0.25, -0.2) is 4.21 Å². The van der Waals surface area contributed by atoms with Crippen molar-refractivity contribution in [2.24, 2.45) is 5.16 Å². The van der Waals surface area contributed by atoms with Gasteiger partial charge in [0, 0.05) is 23.3 Å². The van der Waals surface area contributed by atoms with E-state index in [0.29, 0.717) is 0 Å². The molecule has 220 valence electrons. The molecule has 0 bridgehead atoms. The summed E-state index contributed by atoms with van der Waals surface area (Å²) in [5.41, 5.74) is -9.78. The summed E-state index contributed by atoms with van der Waals surface area (Å²) in [5, 5.41) is 4.18.